The summed E-state index contributed by atoms with van der Waals surface area (Å²) < 4.78 is 0. The molecule has 0 saturated carbocycles. The summed E-state index contributed by atoms with van der Waals surface area (Å²) in [6.07, 6.45) is 1.15. The summed E-state index contributed by atoms with van der Waals surface area (Å²) in [5, 5.41) is 3.79. The number of hydrogen-bond donors (Lipinski definition) is 2. The first-order valence-corrected chi connectivity index (χ1v) is 8.87. The van der Waals surface area contributed by atoms with Crippen molar-refractivity contribution in [2.24, 2.45) is 5.92 Å². The van der Waals surface area contributed by atoms with Gasteiger partial charge in [-0.3, -0.25) is 4.79 Å². The zero-order chi connectivity index (χ0) is 17.8. The number of nitrogens with zero attached hydrogens (tertiary/aromatic N) is 1. The fraction of sp³-hybridized carbons (Fsp3) is 0.300. The van der Waals surface area contributed by atoms with Crippen molar-refractivity contribution >= 4 is 28.5 Å². The lowest BCUT2D eigenvalue weighted by molar-refractivity contribution is -0.121. The zero-order valence-corrected chi connectivity index (χ0v) is 15.2. The number of amides is 1. The normalized spacial score (nSPS) is 12.5. The van der Waals surface area contributed by atoms with Gasteiger partial charge in [0.25, 0.3) is 0 Å². The average molecular weight is 356 g/mol. The van der Waals surface area contributed by atoms with Gasteiger partial charge in [-0.05, 0) is 42.2 Å². The maximum absolute atomic E-state index is 12.5. The van der Waals surface area contributed by atoms with Gasteiger partial charge in [-0.1, -0.05) is 49.7 Å². The average Bonchev–Trinajstić information content (AvgIpc) is 3.00. The van der Waals surface area contributed by atoms with E-state index < -0.39 is 0 Å². The predicted molar refractivity (Wildman–Crippen MR) is 102 cm³/mol. The summed E-state index contributed by atoms with van der Waals surface area (Å²) in [5.41, 5.74) is 2.84. The van der Waals surface area contributed by atoms with Gasteiger partial charge in [-0.2, -0.15) is 0 Å². The van der Waals surface area contributed by atoms with Crippen LogP contribution in [-0.2, 0) is 11.2 Å². The third-order valence-corrected chi connectivity index (χ3v) is 4.31. The molecule has 1 heterocycles. The Hall–Kier alpha value is -2.33. The number of halogens is 1. The summed E-state index contributed by atoms with van der Waals surface area (Å²) in [7, 11) is 0. The van der Waals surface area contributed by atoms with Crippen LogP contribution in [0.3, 0.4) is 0 Å². The number of imidazole rings is 1. The molecule has 0 spiro atoms. The Kier molecular flexibility index (Phi) is 5.39. The van der Waals surface area contributed by atoms with Gasteiger partial charge in [-0.15, -0.1) is 0 Å². The van der Waals surface area contributed by atoms with Gasteiger partial charge in [0.05, 0.1) is 23.5 Å². The molecular weight excluding hydrogens is 334 g/mol. The van der Waals surface area contributed by atoms with Crippen LogP contribution in [-0.4, -0.2) is 15.9 Å². The molecule has 1 aromatic heterocycles. The van der Waals surface area contributed by atoms with Crippen LogP contribution in [0.15, 0.2) is 48.5 Å². The van der Waals surface area contributed by atoms with Crippen LogP contribution in [0.5, 0.6) is 0 Å². The van der Waals surface area contributed by atoms with Crippen LogP contribution in [0.1, 0.15) is 37.7 Å². The monoisotopic (exact) mass is 355 g/mol. The summed E-state index contributed by atoms with van der Waals surface area (Å²) in [6.45, 7) is 4.28. The molecule has 0 saturated heterocycles. The second-order valence-electron chi connectivity index (χ2n) is 6.69. The summed E-state index contributed by atoms with van der Waals surface area (Å²) in [5.74, 6) is 1.22. The van der Waals surface area contributed by atoms with E-state index in [1.807, 2.05) is 36.4 Å². The molecule has 0 aliphatic carbocycles. The molecule has 0 aliphatic heterocycles. The molecule has 2 aromatic carbocycles. The summed E-state index contributed by atoms with van der Waals surface area (Å²) >= 11 is 5.90. The fourth-order valence-corrected chi connectivity index (χ4v) is 3.01. The predicted octanol–water partition coefficient (Wildman–Crippen LogP) is 4.66. The van der Waals surface area contributed by atoms with Gasteiger partial charge < -0.3 is 10.3 Å². The number of nitrogens with one attached hydrogen (secondary N) is 2. The first-order valence-electron chi connectivity index (χ1n) is 8.49. The van der Waals surface area contributed by atoms with Crippen molar-refractivity contribution in [3.05, 3.63) is 64.9 Å². The van der Waals surface area contributed by atoms with E-state index in [4.69, 9.17) is 11.6 Å². The first-order chi connectivity index (χ1) is 12.0. The van der Waals surface area contributed by atoms with Crippen molar-refractivity contribution in [1.82, 2.24) is 15.3 Å². The van der Waals surface area contributed by atoms with Gasteiger partial charge in [0, 0.05) is 5.02 Å². The molecule has 0 aliphatic rings. The molecule has 2 N–H and O–H groups in total. The molecule has 5 heteroatoms. The summed E-state index contributed by atoms with van der Waals surface area (Å²) in [6, 6.07) is 15.1. The minimum Gasteiger partial charge on any atom is -0.346 e. The van der Waals surface area contributed by atoms with E-state index in [1.165, 1.54) is 0 Å². The molecule has 130 valence electrons. The lowest BCUT2D eigenvalue weighted by Gasteiger charge is -2.19. The molecule has 0 radical (unpaired) electrons. The van der Waals surface area contributed by atoms with Gasteiger partial charge in [0.1, 0.15) is 5.82 Å². The molecular formula is C20H22ClN3O. The number of aromatic amines is 1. The first kappa shape index (κ1) is 17.5. The fourth-order valence-electron chi connectivity index (χ4n) is 2.88. The Labute approximate surface area is 152 Å². The molecule has 1 amide bonds. The van der Waals surface area contributed by atoms with Gasteiger partial charge >= 0.3 is 0 Å². The highest BCUT2D eigenvalue weighted by molar-refractivity contribution is 6.30. The van der Waals surface area contributed by atoms with Crippen LogP contribution < -0.4 is 5.32 Å². The highest BCUT2D eigenvalue weighted by Crippen LogP contribution is 2.22. The summed E-state index contributed by atoms with van der Waals surface area (Å²) in [4.78, 5) is 20.5. The van der Waals surface area contributed by atoms with Crippen molar-refractivity contribution in [3.8, 4) is 0 Å². The molecule has 4 nitrogen and oxygen atoms in total. The van der Waals surface area contributed by atoms with Crippen LogP contribution in [0.4, 0.5) is 0 Å². The van der Waals surface area contributed by atoms with Crippen molar-refractivity contribution < 1.29 is 4.79 Å². The van der Waals surface area contributed by atoms with Crippen molar-refractivity contribution in [3.63, 3.8) is 0 Å². The Bertz CT molecular complexity index is 822. The molecule has 0 bridgehead atoms. The van der Waals surface area contributed by atoms with Gasteiger partial charge in [-0.25, -0.2) is 4.98 Å². The van der Waals surface area contributed by atoms with Crippen molar-refractivity contribution in [1.29, 1.82) is 0 Å². The maximum Gasteiger partial charge on any atom is 0.225 e. The minimum absolute atomic E-state index is 0.0200. The van der Waals surface area contributed by atoms with E-state index in [2.05, 4.69) is 29.1 Å². The second-order valence-corrected chi connectivity index (χ2v) is 7.13. The highest BCUT2D eigenvalue weighted by Gasteiger charge is 2.19. The Morgan fingerprint density at radius 1 is 1.16 bits per heavy atom. The molecule has 1 atom stereocenters. The van der Waals surface area contributed by atoms with E-state index in [9.17, 15) is 4.79 Å². The lowest BCUT2D eigenvalue weighted by Crippen LogP contribution is -2.31. The number of aromatic nitrogens is 2. The van der Waals surface area contributed by atoms with E-state index >= 15 is 0 Å². The topological polar surface area (TPSA) is 57.8 Å². The van der Waals surface area contributed by atoms with Crippen molar-refractivity contribution in [2.45, 2.75) is 32.7 Å². The van der Waals surface area contributed by atoms with Gasteiger partial charge in [0.2, 0.25) is 5.91 Å². The molecule has 0 unspecified atom stereocenters. The molecule has 3 aromatic rings. The number of carbonyl (C=O) groups excluding carboxylic acids is 1. The molecule has 0 fully saturated rings. The number of rotatable bonds is 6. The Balaban J connectivity index is 1.75. The number of fused-ring (bicyclic) bond motifs is 1. The van der Waals surface area contributed by atoms with E-state index in [0.717, 1.165) is 28.8 Å². The number of carbonyl (C=O) groups is 1. The van der Waals surface area contributed by atoms with E-state index in [1.54, 1.807) is 12.1 Å². The van der Waals surface area contributed by atoms with Gasteiger partial charge in [0.15, 0.2) is 0 Å². The van der Waals surface area contributed by atoms with E-state index in [-0.39, 0.29) is 11.9 Å². The maximum atomic E-state index is 12.5. The van der Waals surface area contributed by atoms with Crippen molar-refractivity contribution in [2.75, 3.05) is 0 Å². The number of H-pyrrole nitrogens is 1. The smallest absolute Gasteiger partial charge is 0.225 e. The highest BCUT2D eigenvalue weighted by atomic mass is 35.5. The van der Waals surface area contributed by atoms with Crippen LogP contribution in [0.25, 0.3) is 11.0 Å². The SMILES string of the molecule is CC(C)C[C@H](NC(=O)Cc1ccc(Cl)cc1)c1nc2ccccc2[nH]1. The Morgan fingerprint density at radius 2 is 1.88 bits per heavy atom. The standard InChI is InChI=1S/C20H22ClN3O/c1-13(2)11-18(20-23-16-5-3-4-6-17(16)24-20)22-19(25)12-14-7-9-15(21)10-8-14/h3-10,13,18H,11-12H2,1-2H3,(H,22,25)(H,23,24)/t18-/m0/s1. The minimum atomic E-state index is -0.132. The van der Waals surface area contributed by atoms with Crippen LogP contribution in [0.2, 0.25) is 5.02 Å². The largest absolute Gasteiger partial charge is 0.346 e. The Morgan fingerprint density at radius 3 is 2.56 bits per heavy atom. The second kappa shape index (κ2) is 7.70. The number of benzene rings is 2. The number of para-hydroxylation sites is 2. The van der Waals surface area contributed by atoms with Crippen LogP contribution >= 0.6 is 11.6 Å². The van der Waals surface area contributed by atoms with Crippen LogP contribution in [0, 0.1) is 5.92 Å². The zero-order valence-electron chi connectivity index (χ0n) is 14.4. The molecule has 3 rings (SSSR count). The third kappa shape index (κ3) is 4.60. The molecule has 25 heavy (non-hydrogen) atoms. The third-order valence-electron chi connectivity index (χ3n) is 4.06. The number of hydrogen-bond acceptors (Lipinski definition) is 2. The van der Waals surface area contributed by atoms with E-state index in [0.29, 0.717) is 17.4 Å². The quantitative estimate of drug-likeness (QED) is 0.675. The lowest BCUT2D eigenvalue weighted by atomic mass is 10.0.